The Morgan fingerprint density at radius 3 is 2.35 bits per heavy atom. The summed E-state index contributed by atoms with van der Waals surface area (Å²) in [5.41, 5.74) is 1.90. The third kappa shape index (κ3) is 3.20. The fourth-order valence-electron chi connectivity index (χ4n) is 1.91. The van der Waals surface area contributed by atoms with Crippen LogP contribution in [0.1, 0.15) is 15.9 Å². The van der Waals surface area contributed by atoms with Crippen LogP contribution < -0.4 is 4.90 Å². The number of halogens is 2. The number of nitrogens with zero attached hydrogens (tertiary/aromatic N) is 1. The molecule has 104 valence electrons. The van der Waals surface area contributed by atoms with Crippen LogP contribution in [0, 0.1) is 18.6 Å². The maximum Gasteiger partial charge on any atom is 0.185 e. The molecule has 0 bridgehead atoms. The van der Waals surface area contributed by atoms with Gasteiger partial charge in [0.2, 0.25) is 0 Å². The largest absolute Gasteiger partial charge is 0.367 e. The lowest BCUT2D eigenvalue weighted by Gasteiger charge is -2.18. The Morgan fingerprint density at radius 1 is 1.10 bits per heavy atom. The molecule has 0 saturated heterocycles. The van der Waals surface area contributed by atoms with E-state index >= 15 is 0 Å². The van der Waals surface area contributed by atoms with Crippen LogP contribution >= 0.6 is 0 Å². The van der Waals surface area contributed by atoms with Gasteiger partial charge in [-0.15, -0.1) is 0 Å². The monoisotopic (exact) mass is 275 g/mol. The molecule has 0 heterocycles. The SMILES string of the molecule is Cc1ccc(N(C)CC(=O)c2ccc(F)cc2F)cc1. The highest BCUT2D eigenvalue weighted by Gasteiger charge is 2.14. The minimum absolute atomic E-state index is 0.0333. The number of anilines is 1. The molecule has 4 heteroatoms. The van der Waals surface area contributed by atoms with E-state index in [1.807, 2.05) is 31.2 Å². The lowest BCUT2D eigenvalue weighted by molar-refractivity contribution is 0.0996. The Morgan fingerprint density at radius 2 is 1.75 bits per heavy atom. The molecule has 0 aliphatic carbocycles. The first-order valence-electron chi connectivity index (χ1n) is 6.23. The number of rotatable bonds is 4. The van der Waals surface area contributed by atoms with Crippen molar-refractivity contribution in [3.63, 3.8) is 0 Å². The molecule has 2 aromatic rings. The topological polar surface area (TPSA) is 20.3 Å². The van der Waals surface area contributed by atoms with Gasteiger partial charge in [-0.1, -0.05) is 17.7 Å². The summed E-state index contributed by atoms with van der Waals surface area (Å²) in [7, 11) is 1.75. The molecule has 0 fully saturated rings. The minimum Gasteiger partial charge on any atom is -0.367 e. The van der Waals surface area contributed by atoms with E-state index in [-0.39, 0.29) is 17.9 Å². The Hall–Kier alpha value is -2.23. The van der Waals surface area contributed by atoms with E-state index in [1.54, 1.807) is 11.9 Å². The lowest BCUT2D eigenvalue weighted by Crippen LogP contribution is -2.26. The quantitative estimate of drug-likeness (QED) is 0.795. The fraction of sp³-hybridized carbons (Fsp3) is 0.188. The Kier molecular flexibility index (Phi) is 4.13. The van der Waals surface area contributed by atoms with Gasteiger partial charge in [0.1, 0.15) is 11.6 Å². The van der Waals surface area contributed by atoms with Gasteiger partial charge in [0.05, 0.1) is 12.1 Å². The van der Waals surface area contributed by atoms with Gasteiger partial charge < -0.3 is 4.90 Å². The van der Waals surface area contributed by atoms with Crippen LogP contribution in [0.2, 0.25) is 0 Å². The predicted molar refractivity (Wildman–Crippen MR) is 75.1 cm³/mol. The second kappa shape index (κ2) is 5.82. The van der Waals surface area contributed by atoms with Gasteiger partial charge in [-0.25, -0.2) is 8.78 Å². The minimum atomic E-state index is -0.827. The van der Waals surface area contributed by atoms with Crippen LogP contribution in [-0.4, -0.2) is 19.4 Å². The fourth-order valence-corrected chi connectivity index (χ4v) is 1.91. The zero-order valence-corrected chi connectivity index (χ0v) is 11.4. The standard InChI is InChI=1S/C16H15F2NO/c1-11-3-6-13(7-4-11)19(2)10-16(20)14-8-5-12(17)9-15(14)18/h3-9H,10H2,1-2H3. The molecule has 0 unspecified atom stereocenters. The number of hydrogen-bond donors (Lipinski definition) is 0. The molecular formula is C16H15F2NO. The summed E-state index contributed by atoms with van der Waals surface area (Å²) < 4.78 is 26.3. The first-order valence-corrected chi connectivity index (χ1v) is 6.23. The molecule has 2 aromatic carbocycles. The third-order valence-electron chi connectivity index (χ3n) is 3.09. The van der Waals surface area contributed by atoms with Crippen LogP contribution in [-0.2, 0) is 0 Å². The van der Waals surface area contributed by atoms with Gasteiger partial charge >= 0.3 is 0 Å². The number of carbonyl (C=O) groups excluding carboxylic acids is 1. The van der Waals surface area contributed by atoms with Crippen molar-refractivity contribution >= 4 is 11.5 Å². The average Bonchev–Trinajstić information content (AvgIpc) is 2.39. The first-order chi connectivity index (χ1) is 9.47. The van der Waals surface area contributed by atoms with E-state index in [2.05, 4.69) is 0 Å². The molecule has 0 saturated carbocycles. The van der Waals surface area contributed by atoms with Crippen LogP contribution in [0.4, 0.5) is 14.5 Å². The number of carbonyl (C=O) groups is 1. The molecule has 0 radical (unpaired) electrons. The number of Topliss-reactive ketones (excluding diaryl/α,β-unsaturated/α-hetero) is 1. The highest BCUT2D eigenvalue weighted by atomic mass is 19.1. The Bertz CT molecular complexity index is 623. The van der Waals surface area contributed by atoms with Crippen molar-refractivity contribution in [3.05, 3.63) is 65.2 Å². The van der Waals surface area contributed by atoms with Crippen molar-refractivity contribution in [2.45, 2.75) is 6.92 Å². The third-order valence-corrected chi connectivity index (χ3v) is 3.09. The van der Waals surface area contributed by atoms with Gasteiger partial charge in [0.15, 0.2) is 5.78 Å². The zero-order valence-electron chi connectivity index (χ0n) is 11.4. The van der Waals surface area contributed by atoms with Crippen molar-refractivity contribution in [2.24, 2.45) is 0 Å². The van der Waals surface area contributed by atoms with E-state index in [9.17, 15) is 13.6 Å². The molecule has 0 atom stereocenters. The molecule has 0 aromatic heterocycles. The van der Waals surface area contributed by atoms with Crippen LogP contribution in [0.25, 0.3) is 0 Å². The van der Waals surface area contributed by atoms with Crippen molar-refractivity contribution in [2.75, 3.05) is 18.5 Å². The normalized spacial score (nSPS) is 10.4. The summed E-state index contributed by atoms with van der Waals surface area (Å²) in [6, 6.07) is 10.6. The molecule has 0 amide bonds. The highest BCUT2D eigenvalue weighted by molar-refractivity contribution is 5.99. The highest BCUT2D eigenvalue weighted by Crippen LogP contribution is 2.15. The molecule has 0 spiro atoms. The average molecular weight is 275 g/mol. The number of likely N-dealkylation sites (N-methyl/N-ethyl adjacent to an activating group) is 1. The number of ketones is 1. The Labute approximate surface area is 116 Å². The van der Waals surface area contributed by atoms with Crippen LogP contribution in [0.3, 0.4) is 0 Å². The van der Waals surface area contributed by atoms with Gasteiger partial charge in [-0.05, 0) is 31.2 Å². The van der Waals surface area contributed by atoms with Crippen molar-refractivity contribution in [1.29, 1.82) is 0 Å². The zero-order chi connectivity index (χ0) is 14.7. The summed E-state index contributed by atoms with van der Waals surface area (Å²) in [6.07, 6.45) is 0. The number of aryl methyl sites for hydroxylation is 1. The summed E-state index contributed by atoms with van der Waals surface area (Å²) in [5.74, 6) is -1.90. The summed E-state index contributed by atoms with van der Waals surface area (Å²) in [4.78, 5) is 13.8. The van der Waals surface area contributed by atoms with E-state index in [0.717, 1.165) is 23.4 Å². The predicted octanol–water partition coefficient (Wildman–Crippen LogP) is 3.59. The molecule has 20 heavy (non-hydrogen) atoms. The van der Waals surface area contributed by atoms with Crippen LogP contribution in [0.15, 0.2) is 42.5 Å². The smallest absolute Gasteiger partial charge is 0.185 e. The van der Waals surface area contributed by atoms with Crippen molar-refractivity contribution in [1.82, 2.24) is 0 Å². The molecule has 0 aliphatic heterocycles. The lowest BCUT2D eigenvalue weighted by atomic mass is 10.1. The molecule has 2 nitrogen and oxygen atoms in total. The van der Waals surface area contributed by atoms with Gasteiger partial charge in [0.25, 0.3) is 0 Å². The van der Waals surface area contributed by atoms with Crippen molar-refractivity contribution < 1.29 is 13.6 Å². The first kappa shape index (κ1) is 14.2. The second-order valence-electron chi connectivity index (χ2n) is 4.74. The van der Waals surface area contributed by atoms with Gasteiger partial charge in [0, 0.05) is 18.8 Å². The number of hydrogen-bond acceptors (Lipinski definition) is 2. The Balaban J connectivity index is 2.13. The number of benzene rings is 2. The van der Waals surface area contributed by atoms with Gasteiger partial charge in [-0.3, -0.25) is 4.79 Å². The van der Waals surface area contributed by atoms with Crippen molar-refractivity contribution in [3.8, 4) is 0 Å². The van der Waals surface area contributed by atoms with Gasteiger partial charge in [-0.2, -0.15) is 0 Å². The van der Waals surface area contributed by atoms with E-state index in [4.69, 9.17) is 0 Å². The maximum atomic E-state index is 13.5. The molecule has 0 N–H and O–H groups in total. The second-order valence-corrected chi connectivity index (χ2v) is 4.74. The van der Waals surface area contributed by atoms with E-state index < -0.39 is 11.6 Å². The van der Waals surface area contributed by atoms with E-state index in [1.165, 1.54) is 6.07 Å². The molecule has 0 aliphatic rings. The summed E-state index contributed by atoms with van der Waals surface area (Å²) in [5, 5.41) is 0. The molecule has 2 rings (SSSR count). The summed E-state index contributed by atoms with van der Waals surface area (Å²) >= 11 is 0. The van der Waals surface area contributed by atoms with E-state index in [0.29, 0.717) is 0 Å². The summed E-state index contributed by atoms with van der Waals surface area (Å²) in [6.45, 7) is 2.01. The maximum absolute atomic E-state index is 13.5. The molecular weight excluding hydrogens is 260 g/mol. The van der Waals surface area contributed by atoms with Crippen LogP contribution in [0.5, 0.6) is 0 Å².